The Balaban J connectivity index is 1.79. The minimum absolute atomic E-state index is 0.417. The summed E-state index contributed by atoms with van der Waals surface area (Å²) < 4.78 is 0. The molecule has 15 heavy (non-hydrogen) atoms. The number of hydrogen-bond acceptors (Lipinski definition) is 2. The van der Waals surface area contributed by atoms with Crippen molar-refractivity contribution in [1.29, 1.82) is 0 Å². The van der Waals surface area contributed by atoms with E-state index in [1.54, 1.807) is 0 Å². The van der Waals surface area contributed by atoms with E-state index in [9.17, 15) is 0 Å². The summed E-state index contributed by atoms with van der Waals surface area (Å²) in [5.74, 6) is 1.81. The van der Waals surface area contributed by atoms with Gasteiger partial charge >= 0.3 is 0 Å². The topological polar surface area (TPSA) is 24.9 Å². The van der Waals surface area contributed by atoms with Gasteiger partial charge < -0.3 is 5.32 Å². The maximum atomic E-state index is 4.14. The van der Waals surface area contributed by atoms with Crippen LogP contribution in [0.25, 0.3) is 0 Å². The van der Waals surface area contributed by atoms with Gasteiger partial charge in [-0.05, 0) is 49.8 Å². The zero-order valence-corrected chi connectivity index (χ0v) is 9.61. The molecule has 0 saturated heterocycles. The predicted molar refractivity (Wildman–Crippen MR) is 62.5 cm³/mol. The lowest BCUT2D eigenvalue weighted by Gasteiger charge is -2.17. The molecule has 2 rings (SSSR count). The molecule has 0 amide bonds. The third-order valence-corrected chi connectivity index (χ3v) is 3.36. The zero-order valence-electron chi connectivity index (χ0n) is 9.61. The van der Waals surface area contributed by atoms with E-state index in [-0.39, 0.29) is 0 Å². The summed E-state index contributed by atoms with van der Waals surface area (Å²) in [6.45, 7) is 5.68. The molecular weight excluding hydrogens is 184 g/mol. The fraction of sp³-hybridized carbons (Fsp3) is 0.615. The van der Waals surface area contributed by atoms with E-state index in [0.29, 0.717) is 6.04 Å². The highest BCUT2D eigenvalue weighted by Gasteiger charge is 2.27. The van der Waals surface area contributed by atoms with Crippen molar-refractivity contribution < 1.29 is 0 Å². The van der Waals surface area contributed by atoms with Crippen molar-refractivity contribution in [2.75, 3.05) is 6.54 Å². The molecule has 1 aromatic heterocycles. The smallest absolute Gasteiger partial charge is 0.0315 e. The van der Waals surface area contributed by atoms with Gasteiger partial charge in [-0.15, -0.1) is 0 Å². The third-order valence-electron chi connectivity index (χ3n) is 3.36. The minimum Gasteiger partial charge on any atom is -0.310 e. The second kappa shape index (κ2) is 4.75. The quantitative estimate of drug-likeness (QED) is 0.797. The van der Waals surface area contributed by atoms with Crippen LogP contribution in [0.15, 0.2) is 24.5 Å². The molecule has 1 heterocycles. The monoisotopic (exact) mass is 204 g/mol. The van der Waals surface area contributed by atoms with Gasteiger partial charge in [-0.1, -0.05) is 13.0 Å². The average Bonchev–Trinajstić information content (AvgIpc) is 3.10. The zero-order chi connectivity index (χ0) is 10.7. The molecule has 0 aliphatic heterocycles. The van der Waals surface area contributed by atoms with E-state index in [1.165, 1.54) is 18.4 Å². The first-order valence-electron chi connectivity index (χ1n) is 5.90. The van der Waals surface area contributed by atoms with Crippen molar-refractivity contribution in [3.8, 4) is 0 Å². The lowest BCUT2D eigenvalue weighted by Crippen LogP contribution is -2.25. The van der Waals surface area contributed by atoms with Crippen LogP contribution in [-0.4, -0.2) is 11.5 Å². The Morgan fingerprint density at radius 2 is 2.27 bits per heavy atom. The Morgan fingerprint density at radius 1 is 1.47 bits per heavy atom. The highest BCUT2D eigenvalue weighted by molar-refractivity contribution is 5.12. The number of nitrogens with zero attached hydrogens (tertiary/aromatic N) is 1. The Bertz CT molecular complexity index is 293. The Labute approximate surface area is 92.1 Å². The van der Waals surface area contributed by atoms with Crippen LogP contribution in [0.3, 0.4) is 0 Å². The van der Waals surface area contributed by atoms with Gasteiger partial charge in [0.1, 0.15) is 0 Å². The summed E-state index contributed by atoms with van der Waals surface area (Å²) in [4.78, 5) is 4.14. The van der Waals surface area contributed by atoms with Crippen molar-refractivity contribution in [2.45, 2.75) is 32.7 Å². The van der Waals surface area contributed by atoms with E-state index in [4.69, 9.17) is 0 Å². The number of aromatic nitrogens is 1. The molecule has 1 aliphatic rings. The Hall–Kier alpha value is -0.890. The molecule has 1 N–H and O–H groups in total. The summed E-state index contributed by atoms with van der Waals surface area (Å²) in [7, 11) is 0. The van der Waals surface area contributed by atoms with Crippen LogP contribution in [0, 0.1) is 11.8 Å². The molecule has 1 aliphatic carbocycles. The summed E-state index contributed by atoms with van der Waals surface area (Å²) in [6, 6.07) is 4.55. The van der Waals surface area contributed by atoms with Crippen LogP contribution in [0.1, 0.15) is 38.3 Å². The maximum absolute atomic E-state index is 4.14. The van der Waals surface area contributed by atoms with Crippen LogP contribution in [-0.2, 0) is 0 Å². The first kappa shape index (κ1) is 10.6. The van der Waals surface area contributed by atoms with Crippen LogP contribution in [0.5, 0.6) is 0 Å². The number of hydrogen-bond donors (Lipinski definition) is 1. The Kier molecular flexibility index (Phi) is 3.37. The molecule has 2 nitrogen and oxygen atoms in total. The van der Waals surface area contributed by atoms with Gasteiger partial charge in [0.25, 0.3) is 0 Å². The first-order chi connectivity index (χ1) is 7.27. The van der Waals surface area contributed by atoms with Crippen LogP contribution < -0.4 is 5.32 Å². The highest BCUT2D eigenvalue weighted by atomic mass is 14.9. The molecule has 0 spiro atoms. The molecule has 2 heteroatoms. The highest BCUT2D eigenvalue weighted by Crippen LogP contribution is 2.36. The average molecular weight is 204 g/mol. The summed E-state index contributed by atoms with van der Waals surface area (Å²) >= 11 is 0. The first-order valence-corrected chi connectivity index (χ1v) is 5.90. The lowest BCUT2D eigenvalue weighted by atomic mass is 10.1. The fourth-order valence-corrected chi connectivity index (χ4v) is 1.94. The number of pyridine rings is 1. The molecule has 1 aromatic rings. The molecule has 0 aromatic carbocycles. The van der Waals surface area contributed by atoms with Crippen LogP contribution in [0.2, 0.25) is 0 Å². The number of nitrogens with one attached hydrogen (secondary N) is 1. The largest absolute Gasteiger partial charge is 0.310 e. The van der Waals surface area contributed by atoms with Gasteiger partial charge in [0.05, 0.1) is 0 Å². The van der Waals surface area contributed by atoms with Crippen molar-refractivity contribution >= 4 is 0 Å². The van der Waals surface area contributed by atoms with E-state index in [0.717, 1.165) is 18.4 Å². The van der Waals surface area contributed by atoms with Crippen molar-refractivity contribution in [3.63, 3.8) is 0 Å². The normalized spacial score (nSPS) is 19.9. The van der Waals surface area contributed by atoms with Crippen LogP contribution >= 0.6 is 0 Å². The molecule has 2 atom stereocenters. The van der Waals surface area contributed by atoms with Gasteiger partial charge in [-0.25, -0.2) is 0 Å². The second-order valence-electron chi connectivity index (χ2n) is 4.73. The van der Waals surface area contributed by atoms with Crippen molar-refractivity contribution in [1.82, 2.24) is 10.3 Å². The van der Waals surface area contributed by atoms with E-state index >= 15 is 0 Å². The SMILES string of the molecule is CC(NCC(C)C1CC1)c1cccnc1. The van der Waals surface area contributed by atoms with Gasteiger partial charge in [0.15, 0.2) is 0 Å². The summed E-state index contributed by atoms with van der Waals surface area (Å²) in [5, 5.41) is 3.58. The standard InChI is InChI=1S/C13H20N2/c1-10(12-5-6-12)8-15-11(2)13-4-3-7-14-9-13/h3-4,7,9-12,15H,5-6,8H2,1-2H3. The molecule has 2 unspecified atom stereocenters. The maximum Gasteiger partial charge on any atom is 0.0315 e. The van der Waals surface area contributed by atoms with Crippen molar-refractivity contribution in [3.05, 3.63) is 30.1 Å². The van der Waals surface area contributed by atoms with Gasteiger partial charge in [-0.3, -0.25) is 4.98 Å². The van der Waals surface area contributed by atoms with E-state index in [1.807, 2.05) is 18.5 Å². The molecule has 1 fully saturated rings. The van der Waals surface area contributed by atoms with Gasteiger partial charge in [0.2, 0.25) is 0 Å². The second-order valence-corrected chi connectivity index (χ2v) is 4.73. The van der Waals surface area contributed by atoms with Gasteiger partial charge in [0, 0.05) is 18.4 Å². The summed E-state index contributed by atoms with van der Waals surface area (Å²) in [6.07, 6.45) is 6.64. The van der Waals surface area contributed by atoms with Gasteiger partial charge in [-0.2, -0.15) is 0 Å². The molecule has 82 valence electrons. The number of rotatable bonds is 5. The Morgan fingerprint density at radius 3 is 2.87 bits per heavy atom. The fourth-order valence-electron chi connectivity index (χ4n) is 1.94. The molecular formula is C13H20N2. The summed E-state index contributed by atoms with van der Waals surface area (Å²) in [5.41, 5.74) is 1.28. The lowest BCUT2D eigenvalue weighted by molar-refractivity contribution is 0.431. The van der Waals surface area contributed by atoms with E-state index in [2.05, 4.69) is 30.2 Å². The predicted octanol–water partition coefficient (Wildman–Crippen LogP) is 2.78. The molecule has 1 saturated carbocycles. The van der Waals surface area contributed by atoms with Crippen LogP contribution in [0.4, 0.5) is 0 Å². The van der Waals surface area contributed by atoms with E-state index < -0.39 is 0 Å². The minimum atomic E-state index is 0.417. The molecule has 0 radical (unpaired) electrons. The molecule has 0 bridgehead atoms. The third kappa shape index (κ3) is 3.03. The van der Waals surface area contributed by atoms with Crippen molar-refractivity contribution in [2.24, 2.45) is 11.8 Å².